The van der Waals surface area contributed by atoms with Crippen molar-refractivity contribution in [3.8, 4) is 0 Å². The van der Waals surface area contributed by atoms with Gasteiger partial charge in [0.05, 0.1) is 6.42 Å². The maximum Gasteiger partial charge on any atom is 0.306 e. The molecule has 0 unspecified atom stereocenters. The van der Waals surface area contributed by atoms with Crippen LogP contribution in [0.1, 0.15) is 170 Å². The van der Waals surface area contributed by atoms with E-state index in [0.717, 1.165) is 64.3 Å². The van der Waals surface area contributed by atoms with Gasteiger partial charge in [-0.2, -0.15) is 0 Å². The molecular formula is C45H79NO6. The number of hydrogen-bond acceptors (Lipinski definition) is 7. The third-order valence-corrected chi connectivity index (χ3v) is 8.89. The molecule has 52 heavy (non-hydrogen) atoms. The summed E-state index contributed by atoms with van der Waals surface area (Å²) in [6.07, 6.45) is 38.6. The van der Waals surface area contributed by atoms with Crippen LogP contribution in [-0.2, 0) is 28.6 Å². The Morgan fingerprint density at radius 2 is 0.962 bits per heavy atom. The normalized spacial score (nSPS) is 12.7. The molecule has 0 fully saturated rings. The Balaban J connectivity index is 4.51. The van der Waals surface area contributed by atoms with Gasteiger partial charge in [-0.1, -0.05) is 128 Å². The number of ether oxygens (including phenoxy) is 3. The Hall–Kier alpha value is -2.67. The Kier molecular flexibility index (Phi) is 30.2. The molecule has 0 amide bonds. The predicted molar refractivity (Wildman–Crippen MR) is 218 cm³/mol. The quantitative estimate of drug-likeness (QED) is 0.0288. The molecule has 0 aliphatic heterocycles. The highest BCUT2D eigenvalue weighted by Gasteiger charge is 2.32. The van der Waals surface area contributed by atoms with E-state index >= 15 is 0 Å². The van der Waals surface area contributed by atoms with Crippen LogP contribution in [0.5, 0.6) is 0 Å². The van der Waals surface area contributed by atoms with Crippen LogP contribution in [0, 0.1) is 10.8 Å². The van der Waals surface area contributed by atoms with Crippen molar-refractivity contribution < 1.29 is 28.6 Å². The first-order valence-corrected chi connectivity index (χ1v) is 20.4. The summed E-state index contributed by atoms with van der Waals surface area (Å²) in [5, 5.41) is 0. The second-order valence-corrected chi connectivity index (χ2v) is 16.4. The maximum absolute atomic E-state index is 13.2. The second-order valence-electron chi connectivity index (χ2n) is 16.4. The van der Waals surface area contributed by atoms with E-state index in [0.29, 0.717) is 19.6 Å². The number of allylic oxidation sites excluding steroid dienone is 6. The van der Waals surface area contributed by atoms with Gasteiger partial charge in [-0.05, 0) is 95.6 Å². The van der Waals surface area contributed by atoms with Crippen LogP contribution in [0.4, 0.5) is 0 Å². The van der Waals surface area contributed by atoms with E-state index < -0.39 is 0 Å². The van der Waals surface area contributed by atoms with E-state index in [1.54, 1.807) is 0 Å². The van der Waals surface area contributed by atoms with Gasteiger partial charge in [0.15, 0.2) is 0 Å². The van der Waals surface area contributed by atoms with Gasteiger partial charge in [-0.15, -0.1) is 0 Å². The fourth-order valence-electron chi connectivity index (χ4n) is 7.08. The van der Waals surface area contributed by atoms with Crippen molar-refractivity contribution in [3.63, 3.8) is 0 Å². The molecule has 0 N–H and O–H groups in total. The summed E-state index contributed by atoms with van der Waals surface area (Å²) in [5.41, 5.74) is 0.0318. The van der Waals surface area contributed by atoms with Crippen molar-refractivity contribution in [2.24, 2.45) is 10.8 Å². The van der Waals surface area contributed by atoms with Gasteiger partial charge in [0.2, 0.25) is 0 Å². The highest BCUT2D eigenvalue weighted by Crippen LogP contribution is 2.37. The van der Waals surface area contributed by atoms with Gasteiger partial charge in [-0.3, -0.25) is 14.4 Å². The molecule has 0 heterocycles. The van der Waals surface area contributed by atoms with E-state index in [-0.39, 0.29) is 34.8 Å². The average Bonchev–Trinajstić information content (AvgIpc) is 3.02. The molecule has 0 aromatic carbocycles. The lowest BCUT2D eigenvalue weighted by Gasteiger charge is -2.36. The highest BCUT2D eigenvalue weighted by atomic mass is 16.5. The first-order valence-electron chi connectivity index (χ1n) is 20.4. The van der Waals surface area contributed by atoms with Crippen molar-refractivity contribution in [1.29, 1.82) is 0 Å². The number of unbranched alkanes of at least 4 members (excludes halogenated alkanes) is 12. The lowest BCUT2D eigenvalue weighted by molar-refractivity contribution is -0.152. The lowest BCUT2D eigenvalue weighted by atomic mass is 9.73. The number of rotatable bonds is 33. The SMILES string of the molecule is CC(=O)OC/C=C\C/C=C\CCCCCCCCC(CCCCCCCC/C=C\C/C=C\COC(C)=O)OC(=O)CC(C)(C)CC(C)(C)CN(C)C. The molecule has 0 radical (unpaired) electrons. The van der Waals surface area contributed by atoms with Crippen molar-refractivity contribution >= 4 is 17.9 Å². The standard InChI is InChI=1S/C45H79NO6/c1-40(47)50-35-31-27-23-19-15-11-9-13-17-21-25-29-33-42(52-43(49)37-44(3,4)38-45(5,6)39-46(7)8)34-30-26-22-18-14-10-12-16-20-24-28-32-36-51-41(2)48/h15-16,19-20,27-28,31-32,42H,9-14,17-18,21-26,29-30,33-39H2,1-8H3/b19-15-,20-16-,31-27-,32-28-. The highest BCUT2D eigenvalue weighted by molar-refractivity contribution is 5.70. The maximum atomic E-state index is 13.2. The summed E-state index contributed by atoms with van der Waals surface area (Å²) in [4.78, 5) is 37.0. The molecule has 0 aromatic heterocycles. The molecule has 0 aliphatic rings. The minimum atomic E-state index is -0.246. The van der Waals surface area contributed by atoms with Gasteiger partial charge in [0.25, 0.3) is 0 Å². The largest absolute Gasteiger partial charge is 0.462 e. The Morgan fingerprint density at radius 1 is 0.558 bits per heavy atom. The number of carbonyl (C=O) groups excluding carboxylic acids is 3. The second kappa shape index (κ2) is 31.8. The number of hydrogen-bond donors (Lipinski definition) is 0. The zero-order valence-corrected chi connectivity index (χ0v) is 34.9. The third kappa shape index (κ3) is 35.7. The van der Waals surface area contributed by atoms with E-state index in [1.807, 2.05) is 24.3 Å². The summed E-state index contributed by atoms with van der Waals surface area (Å²) in [6.45, 7) is 13.6. The number of carbonyl (C=O) groups is 3. The fraction of sp³-hybridized carbons (Fsp3) is 0.756. The molecule has 0 rings (SSSR count). The summed E-state index contributed by atoms with van der Waals surface area (Å²) in [7, 11) is 4.23. The van der Waals surface area contributed by atoms with E-state index in [1.165, 1.54) is 78.1 Å². The molecule has 0 bridgehead atoms. The summed E-state index contributed by atoms with van der Waals surface area (Å²) in [5.74, 6) is -0.523. The molecule has 7 nitrogen and oxygen atoms in total. The molecule has 0 aromatic rings. The Morgan fingerprint density at radius 3 is 1.38 bits per heavy atom. The zero-order chi connectivity index (χ0) is 38.9. The minimum absolute atomic E-state index is 0.0273. The van der Waals surface area contributed by atoms with Crippen molar-refractivity contribution in [2.75, 3.05) is 33.9 Å². The lowest BCUT2D eigenvalue weighted by Crippen LogP contribution is -2.34. The van der Waals surface area contributed by atoms with Crippen LogP contribution < -0.4 is 0 Å². The van der Waals surface area contributed by atoms with Crippen LogP contribution in [0.15, 0.2) is 48.6 Å². The van der Waals surface area contributed by atoms with Gasteiger partial charge >= 0.3 is 17.9 Å². The molecule has 0 saturated heterocycles. The van der Waals surface area contributed by atoms with Gasteiger partial charge < -0.3 is 19.1 Å². The van der Waals surface area contributed by atoms with Crippen LogP contribution in [0.3, 0.4) is 0 Å². The topological polar surface area (TPSA) is 82.1 Å². The monoisotopic (exact) mass is 730 g/mol. The fourth-order valence-corrected chi connectivity index (χ4v) is 7.08. The Labute approximate surface area is 320 Å². The summed E-state index contributed by atoms with van der Waals surface area (Å²) < 4.78 is 16.0. The molecular weight excluding hydrogens is 650 g/mol. The molecule has 300 valence electrons. The smallest absolute Gasteiger partial charge is 0.306 e. The summed E-state index contributed by atoms with van der Waals surface area (Å²) >= 11 is 0. The number of esters is 3. The first-order chi connectivity index (χ1) is 24.7. The average molecular weight is 730 g/mol. The van der Waals surface area contributed by atoms with E-state index in [2.05, 4.69) is 71.0 Å². The van der Waals surface area contributed by atoms with Gasteiger partial charge in [-0.25, -0.2) is 0 Å². The zero-order valence-electron chi connectivity index (χ0n) is 34.9. The minimum Gasteiger partial charge on any atom is -0.462 e. The van der Waals surface area contributed by atoms with Crippen LogP contribution >= 0.6 is 0 Å². The molecule has 0 atom stereocenters. The van der Waals surface area contributed by atoms with Crippen LogP contribution in [-0.4, -0.2) is 62.8 Å². The Bertz CT molecular complexity index is 982. The molecule has 0 saturated carbocycles. The predicted octanol–water partition coefficient (Wildman–Crippen LogP) is 11.7. The van der Waals surface area contributed by atoms with Crippen molar-refractivity contribution in [1.82, 2.24) is 4.90 Å². The van der Waals surface area contributed by atoms with Crippen molar-refractivity contribution in [3.05, 3.63) is 48.6 Å². The third-order valence-electron chi connectivity index (χ3n) is 8.89. The van der Waals surface area contributed by atoms with Crippen LogP contribution in [0.2, 0.25) is 0 Å². The van der Waals surface area contributed by atoms with Crippen molar-refractivity contribution in [2.45, 2.75) is 176 Å². The molecule has 0 spiro atoms. The molecule has 7 heteroatoms. The van der Waals surface area contributed by atoms with E-state index in [9.17, 15) is 14.4 Å². The number of nitrogens with zero attached hydrogens (tertiary/aromatic N) is 1. The first kappa shape index (κ1) is 49.3. The van der Waals surface area contributed by atoms with Gasteiger partial charge in [0, 0.05) is 20.4 Å². The summed E-state index contributed by atoms with van der Waals surface area (Å²) in [6, 6.07) is 0. The van der Waals surface area contributed by atoms with Crippen LogP contribution in [0.25, 0.3) is 0 Å². The van der Waals surface area contributed by atoms with Gasteiger partial charge in [0.1, 0.15) is 19.3 Å². The van der Waals surface area contributed by atoms with E-state index in [4.69, 9.17) is 14.2 Å². The molecule has 0 aliphatic carbocycles.